The number of hydrogen-bond donors (Lipinski definition) is 0. The Bertz CT molecular complexity index is 790. The molecule has 0 spiro atoms. The number of carbonyl (C=O) groups excluding carboxylic acids is 1. The Kier molecular flexibility index (Phi) is 6.22. The monoisotopic (exact) mass is 369 g/mol. The molecule has 1 atom stereocenters. The van der Waals surface area contributed by atoms with Crippen LogP contribution in [0.2, 0.25) is 0 Å². The van der Waals surface area contributed by atoms with Gasteiger partial charge in [-0.05, 0) is 48.6 Å². The minimum absolute atomic E-state index is 0.0379. The molecule has 3 rings (SSSR count). The third-order valence-electron chi connectivity index (χ3n) is 5.07. The van der Waals surface area contributed by atoms with Crippen LogP contribution in [-0.4, -0.2) is 45.2 Å². The van der Waals surface area contributed by atoms with E-state index in [1.807, 2.05) is 54.4 Å². The minimum atomic E-state index is -0.0379. The summed E-state index contributed by atoms with van der Waals surface area (Å²) in [5.74, 6) is 2.46. The van der Waals surface area contributed by atoms with Crippen LogP contribution in [-0.2, 0) is 17.6 Å². The average Bonchev–Trinajstić information content (AvgIpc) is 2.93. The fraction of sp³-hybridized carbons (Fsp3) is 0.409. The lowest BCUT2D eigenvalue weighted by molar-refractivity contribution is -0.134. The molecule has 0 saturated heterocycles. The zero-order valence-corrected chi connectivity index (χ0v) is 16.2. The summed E-state index contributed by atoms with van der Waals surface area (Å²) in [4.78, 5) is 14.8. The van der Waals surface area contributed by atoms with E-state index in [2.05, 4.69) is 0 Å². The maximum atomic E-state index is 12.9. The van der Waals surface area contributed by atoms with Gasteiger partial charge >= 0.3 is 0 Å². The molecule has 0 saturated carbocycles. The van der Waals surface area contributed by atoms with Gasteiger partial charge in [0.15, 0.2) is 11.5 Å². The van der Waals surface area contributed by atoms with Crippen molar-refractivity contribution in [1.82, 2.24) is 4.90 Å². The molecule has 2 aromatic rings. The van der Waals surface area contributed by atoms with Crippen molar-refractivity contribution in [3.63, 3.8) is 0 Å². The molecule has 0 aromatic heterocycles. The largest absolute Gasteiger partial charge is 0.493 e. The quantitative estimate of drug-likeness (QED) is 0.784. The summed E-state index contributed by atoms with van der Waals surface area (Å²) in [5.41, 5.74) is 2.23. The van der Waals surface area contributed by atoms with Crippen molar-refractivity contribution in [2.24, 2.45) is 5.92 Å². The number of fused-ring (bicyclic) bond motifs is 1. The standard InChI is InChI=1S/C22H27NO4/c1-23(12-10-16-8-9-20(25-2)21(14-16)26-3)22(24)18-11-13-27-19-7-5-4-6-17(19)15-18/h4-9,14,18H,10-13,15H2,1-3H3/t18-/m1/s1. The van der Waals surface area contributed by atoms with E-state index >= 15 is 0 Å². The SMILES string of the molecule is COc1ccc(CCN(C)C(=O)[C@@H]2CCOc3ccccc3C2)cc1OC. The van der Waals surface area contributed by atoms with Crippen molar-refractivity contribution in [2.75, 3.05) is 34.4 Å². The normalized spacial score (nSPS) is 15.9. The number of rotatable bonds is 6. The Morgan fingerprint density at radius 1 is 1.15 bits per heavy atom. The van der Waals surface area contributed by atoms with Crippen LogP contribution in [0, 0.1) is 5.92 Å². The molecule has 0 radical (unpaired) electrons. The lowest BCUT2D eigenvalue weighted by Crippen LogP contribution is -2.35. The van der Waals surface area contributed by atoms with Gasteiger partial charge in [-0.15, -0.1) is 0 Å². The first-order chi connectivity index (χ1) is 13.1. The highest BCUT2D eigenvalue weighted by Gasteiger charge is 2.26. The molecule has 1 aliphatic rings. The van der Waals surface area contributed by atoms with Crippen molar-refractivity contribution >= 4 is 5.91 Å². The van der Waals surface area contributed by atoms with Gasteiger partial charge in [0.2, 0.25) is 5.91 Å². The third kappa shape index (κ3) is 4.54. The smallest absolute Gasteiger partial charge is 0.225 e. The first-order valence-electron chi connectivity index (χ1n) is 9.29. The molecule has 0 unspecified atom stereocenters. The van der Waals surface area contributed by atoms with Gasteiger partial charge in [-0.3, -0.25) is 4.79 Å². The lowest BCUT2D eigenvalue weighted by atomic mass is 9.95. The zero-order valence-electron chi connectivity index (χ0n) is 16.2. The van der Waals surface area contributed by atoms with E-state index in [9.17, 15) is 4.79 Å². The number of nitrogens with zero attached hydrogens (tertiary/aromatic N) is 1. The first kappa shape index (κ1) is 19.1. The van der Waals surface area contributed by atoms with Gasteiger partial charge in [0.25, 0.3) is 0 Å². The number of benzene rings is 2. The molecular weight excluding hydrogens is 342 g/mol. The summed E-state index contributed by atoms with van der Waals surface area (Å²) in [6, 6.07) is 13.9. The molecule has 5 heteroatoms. The highest BCUT2D eigenvalue weighted by Crippen LogP contribution is 2.29. The number of amides is 1. The first-order valence-corrected chi connectivity index (χ1v) is 9.29. The van der Waals surface area contributed by atoms with E-state index in [1.54, 1.807) is 14.2 Å². The zero-order chi connectivity index (χ0) is 19.2. The Balaban J connectivity index is 1.61. The van der Waals surface area contributed by atoms with Gasteiger partial charge in [0.05, 0.1) is 20.8 Å². The summed E-state index contributed by atoms with van der Waals surface area (Å²) in [6.07, 6.45) is 2.24. The van der Waals surface area contributed by atoms with Crippen LogP contribution in [0.3, 0.4) is 0 Å². The molecule has 1 heterocycles. The van der Waals surface area contributed by atoms with Crippen LogP contribution in [0.5, 0.6) is 17.2 Å². The van der Waals surface area contributed by atoms with Crippen molar-refractivity contribution in [3.05, 3.63) is 53.6 Å². The van der Waals surface area contributed by atoms with Crippen molar-refractivity contribution in [1.29, 1.82) is 0 Å². The topological polar surface area (TPSA) is 48.0 Å². The highest BCUT2D eigenvalue weighted by molar-refractivity contribution is 5.79. The molecule has 5 nitrogen and oxygen atoms in total. The maximum absolute atomic E-state index is 12.9. The van der Waals surface area contributed by atoms with Gasteiger partial charge in [0.1, 0.15) is 5.75 Å². The molecule has 2 aromatic carbocycles. The summed E-state index contributed by atoms with van der Waals surface area (Å²) < 4.78 is 16.4. The van der Waals surface area contributed by atoms with Crippen LogP contribution in [0.4, 0.5) is 0 Å². The molecule has 0 aliphatic carbocycles. The Morgan fingerprint density at radius 3 is 2.70 bits per heavy atom. The highest BCUT2D eigenvalue weighted by atomic mass is 16.5. The predicted molar refractivity (Wildman–Crippen MR) is 105 cm³/mol. The number of hydrogen-bond acceptors (Lipinski definition) is 4. The second-order valence-electron chi connectivity index (χ2n) is 6.85. The van der Waals surface area contributed by atoms with E-state index in [0.717, 1.165) is 36.1 Å². The van der Waals surface area contributed by atoms with E-state index in [-0.39, 0.29) is 11.8 Å². The van der Waals surface area contributed by atoms with E-state index in [4.69, 9.17) is 14.2 Å². The van der Waals surface area contributed by atoms with Crippen LogP contribution in [0.15, 0.2) is 42.5 Å². The number of likely N-dealkylation sites (N-methyl/N-ethyl adjacent to an activating group) is 1. The van der Waals surface area contributed by atoms with Gasteiger partial charge in [0, 0.05) is 19.5 Å². The summed E-state index contributed by atoms with van der Waals surface area (Å²) in [6.45, 7) is 1.24. The summed E-state index contributed by atoms with van der Waals surface area (Å²) in [7, 11) is 5.13. The molecular formula is C22H27NO4. The lowest BCUT2D eigenvalue weighted by Gasteiger charge is -2.23. The van der Waals surface area contributed by atoms with Crippen LogP contribution < -0.4 is 14.2 Å². The molecule has 0 N–H and O–H groups in total. The Morgan fingerprint density at radius 2 is 1.93 bits per heavy atom. The van der Waals surface area contributed by atoms with Crippen LogP contribution >= 0.6 is 0 Å². The third-order valence-corrected chi connectivity index (χ3v) is 5.07. The Labute approximate surface area is 160 Å². The van der Waals surface area contributed by atoms with E-state index in [0.29, 0.717) is 24.7 Å². The molecule has 1 amide bonds. The maximum Gasteiger partial charge on any atom is 0.225 e. The van der Waals surface area contributed by atoms with Crippen molar-refractivity contribution in [3.8, 4) is 17.2 Å². The molecule has 27 heavy (non-hydrogen) atoms. The number of ether oxygens (including phenoxy) is 3. The molecule has 0 fully saturated rings. The van der Waals surface area contributed by atoms with Crippen molar-refractivity contribution in [2.45, 2.75) is 19.3 Å². The van der Waals surface area contributed by atoms with E-state index in [1.165, 1.54) is 0 Å². The summed E-state index contributed by atoms with van der Waals surface area (Å²) in [5, 5.41) is 0. The minimum Gasteiger partial charge on any atom is -0.493 e. The second kappa shape index (κ2) is 8.80. The van der Waals surface area contributed by atoms with Gasteiger partial charge in [-0.1, -0.05) is 24.3 Å². The second-order valence-corrected chi connectivity index (χ2v) is 6.85. The molecule has 1 aliphatic heterocycles. The van der Waals surface area contributed by atoms with Gasteiger partial charge in [-0.25, -0.2) is 0 Å². The Hall–Kier alpha value is -2.69. The average molecular weight is 369 g/mol. The van der Waals surface area contributed by atoms with Crippen LogP contribution in [0.1, 0.15) is 17.5 Å². The van der Waals surface area contributed by atoms with Gasteiger partial charge in [-0.2, -0.15) is 0 Å². The molecule has 0 bridgehead atoms. The fourth-order valence-electron chi connectivity index (χ4n) is 3.46. The van der Waals surface area contributed by atoms with E-state index < -0.39 is 0 Å². The summed E-state index contributed by atoms with van der Waals surface area (Å²) >= 11 is 0. The number of carbonyl (C=O) groups is 1. The number of methoxy groups -OCH3 is 2. The van der Waals surface area contributed by atoms with Gasteiger partial charge < -0.3 is 19.1 Å². The fourth-order valence-corrected chi connectivity index (χ4v) is 3.46. The molecule has 144 valence electrons. The predicted octanol–water partition coefficient (Wildman–Crippen LogP) is 3.35. The van der Waals surface area contributed by atoms with Crippen LogP contribution in [0.25, 0.3) is 0 Å². The van der Waals surface area contributed by atoms with Crippen molar-refractivity contribution < 1.29 is 19.0 Å². The number of para-hydroxylation sites is 1.